The van der Waals surface area contributed by atoms with E-state index in [2.05, 4.69) is 18.4 Å². The molecule has 0 bridgehead atoms. The van der Waals surface area contributed by atoms with Crippen molar-refractivity contribution in [2.75, 3.05) is 13.2 Å². The fourth-order valence-electron chi connectivity index (χ4n) is 1.18. The van der Waals surface area contributed by atoms with E-state index in [1.807, 2.05) is 6.92 Å². The topological polar surface area (TPSA) is 35.2 Å². The molecule has 74 valence electrons. The maximum Gasteiger partial charge on any atom is 0.0483 e. The highest BCUT2D eigenvalue weighted by Gasteiger charge is 2.06. The van der Waals surface area contributed by atoms with Crippen LogP contribution in [-0.2, 0) is 4.74 Å². The van der Waals surface area contributed by atoms with Crippen LogP contribution in [0, 0.1) is 6.92 Å². The van der Waals surface area contributed by atoms with Gasteiger partial charge in [0.05, 0.1) is 0 Å². The molecular weight excluding hydrogens is 182 g/mol. The second-order valence-corrected chi connectivity index (χ2v) is 4.20. The fourth-order valence-corrected chi connectivity index (χ4v) is 1.95. The fraction of sp³-hybridized carbons (Fsp3) is 0.600. The molecule has 0 fully saturated rings. The van der Waals surface area contributed by atoms with Crippen molar-refractivity contribution >= 4 is 11.3 Å². The van der Waals surface area contributed by atoms with Gasteiger partial charge in [0, 0.05) is 24.1 Å². The van der Waals surface area contributed by atoms with Gasteiger partial charge in [-0.25, -0.2) is 0 Å². The molecule has 0 saturated heterocycles. The summed E-state index contributed by atoms with van der Waals surface area (Å²) < 4.78 is 5.26. The van der Waals surface area contributed by atoms with E-state index in [-0.39, 0.29) is 6.04 Å². The Hall–Kier alpha value is -0.380. The summed E-state index contributed by atoms with van der Waals surface area (Å²) in [5.41, 5.74) is 7.21. The standard InChI is InChI=1S/C10H17NOS/c1-3-12-5-4-10(11)9-6-8(2)13-7-9/h6-7,10H,3-5,11H2,1-2H3. The minimum atomic E-state index is 0.136. The molecule has 0 spiro atoms. The number of thiophene rings is 1. The van der Waals surface area contributed by atoms with E-state index in [1.54, 1.807) is 11.3 Å². The molecule has 0 aliphatic heterocycles. The van der Waals surface area contributed by atoms with Gasteiger partial charge in [0.2, 0.25) is 0 Å². The van der Waals surface area contributed by atoms with Gasteiger partial charge in [-0.15, -0.1) is 11.3 Å². The van der Waals surface area contributed by atoms with Crippen LogP contribution in [0.2, 0.25) is 0 Å². The van der Waals surface area contributed by atoms with Crippen LogP contribution in [0.3, 0.4) is 0 Å². The average Bonchev–Trinajstić information content (AvgIpc) is 2.52. The number of hydrogen-bond donors (Lipinski definition) is 1. The maximum atomic E-state index is 5.98. The number of rotatable bonds is 5. The Morgan fingerprint density at radius 3 is 2.92 bits per heavy atom. The molecule has 3 heteroatoms. The number of hydrogen-bond acceptors (Lipinski definition) is 3. The van der Waals surface area contributed by atoms with Gasteiger partial charge in [0.25, 0.3) is 0 Å². The van der Waals surface area contributed by atoms with E-state index in [4.69, 9.17) is 10.5 Å². The van der Waals surface area contributed by atoms with Gasteiger partial charge >= 0.3 is 0 Å². The molecule has 1 unspecified atom stereocenters. The Labute approximate surface area is 83.7 Å². The second-order valence-electron chi connectivity index (χ2n) is 3.08. The van der Waals surface area contributed by atoms with Crippen molar-refractivity contribution in [1.29, 1.82) is 0 Å². The first-order chi connectivity index (χ1) is 6.24. The van der Waals surface area contributed by atoms with Gasteiger partial charge in [0.1, 0.15) is 0 Å². The van der Waals surface area contributed by atoms with Crippen molar-refractivity contribution in [3.63, 3.8) is 0 Å². The van der Waals surface area contributed by atoms with E-state index in [0.717, 1.165) is 19.6 Å². The van der Waals surface area contributed by atoms with Crippen LogP contribution in [0.25, 0.3) is 0 Å². The van der Waals surface area contributed by atoms with Crippen LogP contribution in [0.5, 0.6) is 0 Å². The summed E-state index contributed by atoms with van der Waals surface area (Å²) in [6.45, 7) is 5.63. The largest absolute Gasteiger partial charge is 0.382 e. The summed E-state index contributed by atoms with van der Waals surface area (Å²) in [5, 5.41) is 2.13. The van der Waals surface area contributed by atoms with E-state index in [1.165, 1.54) is 10.4 Å². The molecule has 1 atom stereocenters. The zero-order chi connectivity index (χ0) is 9.68. The second kappa shape index (κ2) is 5.37. The highest BCUT2D eigenvalue weighted by molar-refractivity contribution is 7.10. The number of ether oxygens (including phenoxy) is 1. The molecule has 0 radical (unpaired) electrons. The van der Waals surface area contributed by atoms with Gasteiger partial charge in [0.15, 0.2) is 0 Å². The van der Waals surface area contributed by atoms with Crippen LogP contribution >= 0.6 is 11.3 Å². The summed E-state index contributed by atoms with van der Waals surface area (Å²) in [4.78, 5) is 1.32. The summed E-state index contributed by atoms with van der Waals surface area (Å²) in [7, 11) is 0. The van der Waals surface area contributed by atoms with E-state index >= 15 is 0 Å². The number of aryl methyl sites for hydroxylation is 1. The molecule has 0 aromatic carbocycles. The molecule has 13 heavy (non-hydrogen) atoms. The molecule has 1 aromatic rings. The third kappa shape index (κ3) is 3.46. The first-order valence-electron chi connectivity index (χ1n) is 4.62. The molecule has 1 aromatic heterocycles. The lowest BCUT2D eigenvalue weighted by atomic mass is 10.1. The smallest absolute Gasteiger partial charge is 0.0483 e. The third-order valence-corrected chi connectivity index (χ3v) is 2.84. The quantitative estimate of drug-likeness (QED) is 0.739. The van der Waals surface area contributed by atoms with Crippen LogP contribution in [0.15, 0.2) is 11.4 Å². The van der Waals surface area contributed by atoms with Gasteiger partial charge in [-0.2, -0.15) is 0 Å². The first-order valence-corrected chi connectivity index (χ1v) is 5.50. The Bertz CT molecular complexity index is 247. The summed E-state index contributed by atoms with van der Waals surface area (Å²) in [5.74, 6) is 0. The molecule has 0 aliphatic rings. The highest BCUT2D eigenvalue weighted by Crippen LogP contribution is 2.20. The van der Waals surface area contributed by atoms with Gasteiger partial charge in [-0.3, -0.25) is 0 Å². The molecule has 2 nitrogen and oxygen atoms in total. The van der Waals surface area contributed by atoms with Crippen LogP contribution in [0.4, 0.5) is 0 Å². The minimum absolute atomic E-state index is 0.136. The third-order valence-electron chi connectivity index (χ3n) is 1.96. The van der Waals surface area contributed by atoms with E-state index < -0.39 is 0 Å². The van der Waals surface area contributed by atoms with Crippen LogP contribution < -0.4 is 5.73 Å². The Morgan fingerprint density at radius 2 is 2.38 bits per heavy atom. The van der Waals surface area contributed by atoms with E-state index in [0.29, 0.717) is 0 Å². The molecule has 0 saturated carbocycles. The lowest BCUT2D eigenvalue weighted by molar-refractivity contribution is 0.140. The van der Waals surface area contributed by atoms with Crippen molar-refractivity contribution in [3.8, 4) is 0 Å². The predicted molar refractivity (Wildman–Crippen MR) is 57.1 cm³/mol. The lowest BCUT2D eigenvalue weighted by Crippen LogP contribution is -2.12. The van der Waals surface area contributed by atoms with Crippen molar-refractivity contribution in [2.24, 2.45) is 5.73 Å². The van der Waals surface area contributed by atoms with Crippen molar-refractivity contribution in [2.45, 2.75) is 26.3 Å². The first kappa shape index (κ1) is 10.7. The van der Waals surface area contributed by atoms with Gasteiger partial charge in [-0.1, -0.05) is 0 Å². The molecule has 2 N–H and O–H groups in total. The average molecular weight is 199 g/mol. The molecule has 1 heterocycles. The number of nitrogens with two attached hydrogens (primary N) is 1. The zero-order valence-corrected chi connectivity index (χ0v) is 9.06. The van der Waals surface area contributed by atoms with Crippen LogP contribution in [0.1, 0.15) is 29.8 Å². The summed E-state index contributed by atoms with van der Waals surface area (Å²) >= 11 is 1.75. The van der Waals surface area contributed by atoms with Crippen molar-refractivity contribution < 1.29 is 4.74 Å². The Balaban J connectivity index is 2.35. The van der Waals surface area contributed by atoms with Gasteiger partial charge < -0.3 is 10.5 Å². The lowest BCUT2D eigenvalue weighted by Gasteiger charge is -2.08. The zero-order valence-electron chi connectivity index (χ0n) is 8.25. The SMILES string of the molecule is CCOCCC(N)c1csc(C)c1. The molecular formula is C10H17NOS. The highest BCUT2D eigenvalue weighted by atomic mass is 32.1. The monoisotopic (exact) mass is 199 g/mol. The Kier molecular flexibility index (Phi) is 4.42. The minimum Gasteiger partial charge on any atom is -0.382 e. The Morgan fingerprint density at radius 1 is 1.62 bits per heavy atom. The maximum absolute atomic E-state index is 5.98. The molecule has 1 rings (SSSR count). The van der Waals surface area contributed by atoms with Crippen LogP contribution in [-0.4, -0.2) is 13.2 Å². The summed E-state index contributed by atoms with van der Waals surface area (Å²) in [6.07, 6.45) is 0.907. The van der Waals surface area contributed by atoms with E-state index in [9.17, 15) is 0 Å². The van der Waals surface area contributed by atoms with Crippen molar-refractivity contribution in [1.82, 2.24) is 0 Å². The summed E-state index contributed by atoms with van der Waals surface area (Å²) in [6, 6.07) is 2.29. The molecule has 0 amide bonds. The molecule has 0 aliphatic carbocycles. The predicted octanol–water partition coefficient (Wildman–Crippen LogP) is 2.48. The normalized spacial score (nSPS) is 13.2. The van der Waals surface area contributed by atoms with Crippen molar-refractivity contribution in [3.05, 3.63) is 21.9 Å². The van der Waals surface area contributed by atoms with Gasteiger partial charge in [-0.05, 0) is 37.3 Å².